The zero-order chi connectivity index (χ0) is 11.5. The quantitative estimate of drug-likeness (QED) is 0.688. The van der Waals surface area contributed by atoms with E-state index in [1.165, 1.54) is 12.1 Å². The molecule has 2 rings (SSSR count). The van der Waals surface area contributed by atoms with Crippen LogP contribution in [0.15, 0.2) is 18.2 Å². The molecular weight excluding hydrogens is 207 g/mol. The summed E-state index contributed by atoms with van der Waals surface area (Å²) in [5.74, 6) is -0.0478. The minimum Gasteiger partial charge on any atom is -0.397 e. The van der Waals surface area contributed by atoms with Crippen LogP contribution in [0.25, 0.3) is 0 Å². The molecule has 0 amide bonds. The first kappa shape index (κ1) is 11.2. The molecule has 2 atom stereocenters. The van der Waals surface area contributed by atoms with Gasteiger partial charge in [0.25, 0.3) is 0 Å². The number of halogens is 1. The van der Waals surface area contributed by atoms with E-state index in [0.29, 0.717) is 12.2 Å². The zero-order valence-electron chi connectivity index (χ0n) is 9.12. The van der Waals surface area contributed by atoms with Gasteiger partial charge in [0.1, 0.15) is 5.82 Å². The van der Waals surface area contributed by atoms with Gasteiger partial charge in [-0.2, -0.15) is 0 Å². The van der Waals surface area contributed by atoms with Crippen molar-refractivity contribution in [1.82, 2.24) is 0 Å². The van der Waals surface area contributed by atoms with Crippen LogP contribution >= 0.6 is 0 Å². The van der Waals surface area contributed by atoms with Crippen molar-refractivity contribution >= 4 is 11.4 Å². The smallest absolute Gasteiger partial charge is 0.125 e. The Balaban J connectivity index is 1.94. The van der Waals surface area contributed by atoms with Gasteiger partial charge in [0, 0.05) is 12.5 Å². The summed E-state index contributed by atoms with van der Waals surface area (Å²) in [4.78, 5) is 0. The molecule has 1 saturated carbocycles. The molecule has 0 saturated heterocycles. The third kappa shape index (κ3) is 2.44. The molecule has 1 aromatic rings. The Bertz CT molecular complexity index is 370. The second-order valence-corrected chi connectivity index (χ2v) is 4.37. The van der Waals surface area contributed by atoms with Crippen LogP contribution in [0, 0.1) is 11.7 Å². The monoisotopic (exact) mass is 224 g/mol. The third-order valence-electron chi connectivity index (χ3n) is 3.19. The summed E-state index contributed by atoms with van der Waals surface area (Å²) < 4.78 is 12.8. The molecule has 1 aliphatic rings. The number of anilines is 2. The van der Waals surface area contributed by atoms with Crippen molar-refractivity contribution in [3.63, 3.8) is 0 Å². The number of aliphatic hydroxyl groups is 1. The average Bonchev–Trinajstić information content (AvgIpc) is 2.63. The SMILES string of the molecule is Nc1cc(F)ccc1NCC1CCCC1O. The maximum absolute atomic E-state index is 12.8. The van der Waals surface area contributed by atoms with E-state index >= 15 is 0 Å². The minimum atomic E-state index is -0.330. The van der Waals surface area contributed by atoms with Gasteiger partial charge in [-0.15, -0.1) is 0 Å². The summed E-state index contributed by atoms with van der Waals surface area (Å²) in [7, 11) is 0. The molecule has 16 heavy (non-hydrogen) atoms. The maximum Gasteiger partial charge on any atom is 0.125 e. The van der Waals surface area contributed by atoms with E-state index in [2.05, 4.69) is 5.32 Å². The summed E-state index contributed by atoms with van der Waals surface area (Å²) in [6, 6.07) is 4.31. The third-order valence-corrected chi connectivity index (χ3v) is 3.19. The molecule has 2 unspecified atom stereocenters. The van der Waals surface area contributed by atoms with E-state index in [1.54, 1.807) is 6.07 Å². The van der Waals surface area contributed by atoms with Crippen molar-refractivity contribution in [1.29, 1.82) is 0 Å². The zero-order valence-corrected chi connectivity index (χ0v) is 9.12. The van der Waals surface area contributed by atoms with E-state index in [4.69, 9.17) is 5.73 Å². The highest BCUT2D eigenvalue weighted by Gasteiger charge is 2.24. The molecule has 1 aromatic carbocycles. The predicted octanol–water partition coefficient (Wildman–Crippen LogP) is 1.98. The average molecular weight is 224 g/mol. The Morgan fingerprint density at radius 3 is 2.88 bits per heavy atom. The van der Waals surface area contributed by atoms with Crippen molar-refractivity contribution in [3.8, 4) is 0 Å². The minimum absolute atomic E-state index is 0.214. The van der Waals surface area contributed by atoms with Gasteiger partial charge in [-0.1, -0.05) is 6.42 Å². The van der Waals surface area contributed by atoms with Crippen LogP contribution in [-0.4, -0.2) is 17.8 Å². The summed E-state index contributed by atoms with van der Waals surface area (Å²) in [6.07, 6.45) is 2.78. The molecule has 0 spiro atoms. The number of nitrogen functional groups attached to an aromatic ring is 1. The highest BCUT2D eigenvalue weighted by atomic mass is 19.1. The Kier molecular flexibility index (Phi) is 3.29. The van der Waals surface area contributed by atoms with Crippen molar-refractivity contribution in [3.05, 3.63) is 24.0 Å². The fourth-order valence-electron chi connectivity index (χ4n) is 2.19. The summed E-state index contributed by atoms with van der Waals surface area (Å²) in [5, 5.41) is 12.8. The van der Waals surface area contributed by atoms with E-state index in [9.17, 15) is 9.50 Å². The highest BCUT2D eigenvalue weighted by molar-refractivity contribution is 5.65. The van der Waals surface area contributed by atoms with Gasteiger partial charge in [-0.05, 0) is 31.0 Å². The number of nitrogens with one attached hydrogen (secondary N) is 1. The van der Waals surface area contributed by atoms with Crippen LogP contribution in [0.2, 0.25) is 0 Å². The summed E-state index contributed by atoms with van der Waals surface area (Å²) in [5.41, 5.74) is 6.82. The van der Waals surface area contributed by atoms with E-state index in [-0.39, 0.29) is 17.8 Å². The lowest BCUT2D eigenvalue weighted by Gasteiger charge is -2.16. The molecule has 4 N–H and O–H groups in total. The number of nitrogens with two attached hydrogens (primary N) is 1. The second-order valence-electron chi connectivity index (χ2n) is 4.37. The van der Waals surface area contributed by atoms with Gasteiger partial charge >= 0.3 is 0 Å². The molecule has 0 heterocycles. The molecule has 0 radical (unpaired) electrons. The van der Waals surface area contributed by atoms with E-state index in [0.717, 1.165) is 24.9 Å². The first-order valence-corrected chi connectivity index (χ1v) is 5.64. The summed E-state index contributed by atoms with van der Waals surface area (Å²) >= 11 is 0. The molecule has 0 aromatic heterocycles. The van der Waals surface area contributed by atoms with Crippen LogP contribution in [0.3, 0.4) is 0 Å². The van der Waals surface area contributed by atoms with Gasteiger partial charge in [0.15, 0.2) is 0 Å². The lowest BCUT2D eigenvalue weighted by atomic mass is 10.1. The Labute approximate surface area is 94.5 Å². The van der Waals surface area contributed by atoms with Gasteiger partial charge in [0.05, 0.1) is 17.5 Å². The molecule has 0 aliphatic heterocycles. The Hall–Kier alpha value is -1.29. The largest absolute Gasteiger partial charge is 0.397 e. The van der Waals surface area contributed by atoms with Crippen LogP contribution in [-0.2, 0) is 0 Å². The standard InChI is InChI=1S/C12H17FN2O/c13-9-4-5-11(10(14)6-9)15-7-8-2-1-3-12(8)16/h4-6,8,12,15-16H,1-3,7,14H2. The first-order chi connectivity index (χ1) is 7.66. The molecule has 1 aliphatic carbocycles. The maximum atomic E-state index is 12.8. The topological polar surface area (TPSA) is 58.3 Å². The second kappa shape index (κ2) is 4.70. The first-order valence-electron chi connectivity index (χ1n) is 5.64. The highest BCUT2D eigenvalue weighted by Crippen LogP contribution is 2.27. The van der Waals surface area contributed by atoms with E-state index < -0.39 is 0 Å². The van der Waals surface area contributed by atoms with Crippen LogP contribution < -0.4 is 11.1 Å². The number of hydrogen-bond donors (Lipinski definition) is 3. The number of benzene rings is 1. The molecule has 1 fully saturated rings. The lowest BCUT2D eigenvalue weighted by molar-refractivity contribution is 0.138. The molecule has 4 heteroatoms. The normalized spacial score (nSPS) is 24.6. The van der Waals surface area contributed by atoms with Crippen molar-refractivity contribution in [2.24, 2.45) is 5.92 Å². The molecule has 3 nitrogen and oxygen atoms in total. The fraction of sp³-hybridized carbons (Fsp3) is 0.500. The van der Waals surface area contributed by atoms with Crippen LogP contribution in [0.5, 0.6) is 0 Å². The molecule has 88 valence electrons. The van der Waals surface area contributed by atoms with Gasteiger partial charge < -0.3 is 16.2 Å². The van der Waals surface area contributed by atoms with Gasteiger partial charge in [-0.25, -0.2) is 4.39 Å². The van der Waals surface area contributed by atoms with Crippen molar-refractivity contribution in [2.75, 3.05) is 17.6 Å². The van der Waals surface area contributed by atoms with Crippen LogP contribution in [0.1, 0.15) is 19.3 Å². The lowest BCUT2D eigenvalue weighted by Crippen LogP contribution is -2.22. The van der Waals surface area contributed by atoms with Gasteiger partial charge in [0.2, 0.25) is 0 Å². The Morgan fingerprint density at radius 2 is 2.25 bits per heavy atom. The van der Waals surface area contributed by atoms with Crippen molar-refractivity contribution < 1.29 is 9.50 Å². The van der Waals surface area contributed by atoms with Crippen LogP contribution in [0.4, 0.5) is 15.8 Å². The fourth-order valence-corrected chi connectivity index (χ4v) is 2.19. The predicted molar refractivity (Wildman–Crippen MR) is 62.6 cm³/mol. The molecule has 0 bridgehead atoms. The van der Waals surface area contributed by atoms with Gasteiger partial charge in [-0.3, -0.25) is 0 Å². The number of hydrogen-bond acceptors (Lipinski definition) is 3. The van der Waals surface area contributed by atoms with Crippen molar-refractivity contribution in [2.45, 2.75) is 25.4 Å². The molecular formula is C12H17FN2O. The number of rotatable bonds is 3. The van der Waals surface area contributed by atoms with E-state index in [1.807, 2.05) is 0 Å². The Morgan fingerprint density at radius 1 is 1.44 bits per heavy atom. The summed E-state index contributed by atoms with van der Waals surface area (Å²) in [6.45, 7) is 0.691. The number of aliphatic hydroxyl groups excluding tert-OH is 1.